The molecular formula is C14H23F3N2O8. The Labute approximate surface area is 151 Å². The van der Waals surface area contributed by atoms with Crippen molar-refractivity contribution >= 4 is 17.8 Å². The number of aliphatic hydroxyl groups excluding tert-OH is 3. The molecule has 0 spiro atoms. The summed E-state index contributed by atoms with van der Waals surface area (Å²) in [5.74, 6) is -5.26. The number of nitrogens with one attached hydrogen (secondary N) is 1. The zero-order valence-corrected chi connectivity index (χ0v) is 14.3. The van der Waals surface area contributed by atoms with Crippen molar-refractivity contribution in [1.29, 1.82) is 0 Å². The Bertz CT molecular complexity index is 531. The van der Waals surface area contributed by atoms with Crippen LogP contribution in [-0.2, 0) is 14.4 Å². The number of carboxylic acid groups (broad SMARTS) is 2. The lowest BCUT2D eigenvalue weighted by Crippen LogP contribution is -2.55. The van der Waals surface area contributed by atoms with Gasteiger partial charge in [-0.05, 0) is 18.8 Å². The number of hydrogen-bond acceptors (Lipinski definition) is 7. The van der Waals surface area contributed by atoms with Gasteiger partial charge in [-0.2, -0.15) is 13.2 Å². The van der Waals surface area contributed by atoms with Crippen LogP contribution in [0.5, 0.6) is 0 Å². The van der Waals surface area contributed by atoms with Gasteiger partial charge in [0.1, 0.15) is 12.2 Å². The molecule has 0 heterocycles. The standard InChI is InChI=1S/C12H22N2O6.C2HF3O2/c1-5(16)14-10(11(18)9(17)4-15)7-2-6(12(19)20)3-8(7)13;3-2(4,5)1(6)7/h6-11,15,17-18H,2-4,13H2,1H3,(H,14,16)(H,19,20);(H,6,7)/t6?,7?,8-,9?,10?,11?;/m0./s1. The molecule has 1 aliphatic rings. The van der Waals surface area contributed by atoms with Crippen LogP contribution in [0.25, 0.3) is 0 Å². The number of halogens is 3. The Kier molecular flexibility index (Phi) is 9.64. The van der Waals surface area contributed by atoms with E-state index in [1.54, 1.807) is 0 Å². The molecule has 0 bridgehead atoms. The average Bonchev–Trinajstić information content (AvgIpc) is 2.92. The van der Waals surface area contributed by atoms with E-state index in [1.165, 1.54) is 6.92 Å². The Morgan fingerprint density at radius 2 is 1.67 bits per heavy atom. The predicted molar refractivity (Wildman–Crippen MR) is 82.2 cm³/mol. The molecule has 1 fully saturated rings. The Balaban J connectivity index is 0.000000821. The summed E-state index contributed by atoms with van der Waals surface area (Å²) in [5, 5.41) is 47.0. The van der Waals surface area contributed by atoms with Crippen LogP contribution in [0.1, 0.15) is 19.8 Å². The zero-order valence-electron chi connectivity index (χ0n) is 14.3. The van der Waals surface area contributed by atoms with Gasteiger partial charge < -0.3 is 36.6 Å². The Morgan fingerprint density at radius 3 is 1.96 bits per heavy atom. The molecule has 13 heteroatoms. The van der Waals surface area contributed by atoms with Gasteiger partial charge in [0.25, 0.3) is 0 Å². The average molecular weight is 404 g/mol. The SMILES string of the molecule is CC(=O)NC(C(O)C(O)CO)C1CC(C(=O)O)C[C@@H]1N.O=C(O)C(F)(F)F. The maximum atomic E-state index is 11.2. The zero-order chi connectivity index (χ0) is 21.5. The molecule has 27 heavy (non-hydrogen) atoms. The van der Waals surface area contributed by atoms with Crippen molar-refractivity contribution in [2.45, 2.75) is 50.2 Å². The van der Waals surface area contributed by atoms with Gasteiger partial charge in [0.2, 0.25) is 5.91 Å². The van der Waals surface area contributed by atoms with Crippen LogP contribution >= 0.6 is 0 Å². The van der Waals surface area contributed by atoms with Gasteiger partial charge in [-0.25, -0.2) is 4.79 Å². The van der Waals surface area contributed by atoms with Crippen molar-refractivity contribution in [2.24, 2.45) is 17.6 Å². The molecule has 0 aromatic rings. The van der Waals surface area contributed by atoms with E-state index in [4.69, 9.17) is 25.8 Å². The molecule has 158 valence electrons. The van der Waals surface area contributed by atoms with Crippen LogP contribution in [0.4, 0.5) is 13.2 Å². The minimum absolute atomic E-state index is 0.205. The summed E-state index contributed by atoms with van der Waals surface area (Å²) in [5.41, 5.74) is 5.89. The van der Waals surface area contributed by atoms with Crippen molar-refractivity contribution in [3.8, 4) is 0 Å². The summed E-state index contributed by atoms with van der Waals surface area (Å²) in [6.45, 7) is 0.585. The molecule has 0 aromatic heterocycles. The molecule has 0 radical (unpaired) electrons. The highest BCUT2D eigenvalue weighted by Gasteiger charge is 2.44. The Hall–Kier alpha value is -1.96. The fourth-order valence-electron chi connectivity index (χ4n) is 2.75. The summed E-state index contributed by atoms with van der Waals surface area (Å²) in [6, 6.07) is -1.40. The molecule has 6 atom stereocenters. The number of amides is 1. The van der Waals surface area contributed by atoms with Gasteiger partial charge in [-0.1, -0.05) is 0 Å². The second-order valence-electron chi connectivity index (χ2n) is 6.10. The lowest BCUT2D eigenvalue weighted by Gasteiger charge is -2.33. The molecule has 0 aliphatic heterocycles. The van der Waals surface area contributed by atoms with Crippen LogP contribution in [0, 0.1) is 11.8 Å². The van der Waals surface area contributed by atoms with Gasteiger partial charge in [0, 0.05) is 13.0 Å². The number of alkyl halides is 3. The van der Waals surface area contributed by atoms with Crippen LogP contribution in [-0.4, -0.2) is 80.5 Å². The fraction of sp³-hybridized carbons (Fsp3) is 0.786. The maximum absolute atomic E-state index is 11.2. The molecule has 0 saturated heterocycles. The van der Waals surface area contributed by atoms with E-state index < -0.39 is 66.8 Å². The highest BCUT2D eigenvalue weighted by atomic mass is 19.4. The van der Waals surface area contributed by atoms with E-state index in [0.717, 1.165) is 0 Å². The summed E-state index contributed by atoms with van der Waals surface area (Å²) in [7, 11) is 0. The van der Waals surface area contributed by atoms with Gasteiger partial charge in [-0.15, -0.1) is 0 Å². The molecule has 1 aliphatic carbocycles. The number of rotatable bonds is 6. The van der Waals surface area contributed by atoms with Crippen molar-refractivity contribution in [1.82, 2.24) is 5.32 Å². The number of carbonyl (C=O) groups is 3. The van der Waals surface area contributed by atoms with E-state index in [9.17, 15) is 33.0 Å². The van der Waals surface area contributed by atoms with E-state index >= 15 is 0 Å². The number of carbonyl (C=O) groups excluding carboxylic acids is 1. The number of hydrogen-bond donors (Lipinski definition) is 7. The summed E-state index contributed by atoms with van der Waals surface area (Å²) >= 11 is 0. The first-order valence-electron chi connectivity index (χ1n) is 7.74. The lowest BCUT2D eigenvalue weighted by molar-refractivity contribution is -0.192. The molecule has 10 nitrogen and oxygen atoms in total. The normalized spacial score (nSPS) is 25.6. The third-order valence-corrected chi connectivity index (χ3v) is 4.04. The number of carboxylic acids is 2. The first-order valence-corrected chi connectivity index (χ1v) is 7.74. The minimum atomic E-state index is -5.08. The second-order valence-corrected chi connectivity index (χ2v) is 6.10. The van der Waals surface area contributed by atoms with Crippen molar-refractivity contribution < 1.29 is 53.1 Å². The first kappa shape index (κ1) is 25.0. The summed E-state index contributed by atoms with van der Waals surface area (Å²) in [4.78, 5) is 31.1. The fourth-order valence-corrected chi connectivity index (χ4v) is 2.75. The van der Waals surface area contributed by atoms with Crippen molar-refractivity contribution in [2.75, 3.05) is 6.61 Å². The molecule has 1 amide bonds. The molecule has 1 saturated carbocycles. The predicted octanol–water partition coefficient (Wildman–Crippen LogP) is -1.72. The molecule has 1 rings (SSSR count). The van der Waals surface area contributed by atoms with E-state index in [1.807, 2.05) is 0 Å². The molecule has 0 aromatic carbocycles. The topological polar surface area (TPSA) is 190 Å². The minimum Gasteiger partial charge on any atom is -0.481 e. The Morgan fingerprint density at radius 1 is 1.19 bits per heavy atom. The third-order valence-electron chi connectivity index (χ3n) is 4.04. The largest absolute Gasteiger partial charge is 0.490 e. The van der Waals surface area contributed by atoms with E-state index in [-0.39, 0.29) is 12.8 Å². The van der Waals surface area contributed by atoms with E-state index in [0.29, 0.717) is 0 Å². The second kappa shape index (κ2) is 10.4. The molecule has 5 unspecified atom stereocenters. The van der Waals surface area contributed by atoms with Crippen molar-refractivity contribution in [3.63, 3.8) is 0 Å². The van der Waals surface area contributed by atoms with Gasteiger partial charge in [0.15, 0.2) is 0 Å². The third kappa shape index (κ3) is 8.07. The highest BCUT2D eigenvalue weighted by molar-refractivity contribution is 5.74. The van der Waals surface area contributed by atoms with Crippen LogP contribution in [0.2, 0.25) is 0 Å². The van der Waals surface area contributed by atoms with E-state index in [2.05, 4.69) is 5.32 Å². The maximum Gasteiger partial charge on any atom is 0.490 e. The van der Waals surface area contributed by atoms with Crippen LogP contribution in [0.3, 0.4) is 0 Å². The van der Waals surface area contributed by atoms with Crippen LogP contribution in [0.15, 0.2) is 0 Å². The first-order chi connectivity index (χ1) is 12.2. The van der Waals surface area contributed by atoms with Crippen molar-refractivity contribution in [3.05, 3.63) is 0 Å². The highest BCUT2D eigenvalue weighted by Crippen LogP contribution is 2.34. The molecular weight excluding hydrogens is 381 g/mol. The monoisotopic (exact) mass is 404 g/mol. The smallest absolute Gasteiger partial charge is 0.481 e. The summed E-state index contributed by atoms with van der Waals surface area (Å²) < 4.78 is 31.7. The summed E-state index contributed by atoms with van der Waals surface area (Å²) in [6.07, 6.45) is -7.47. The number of aliphatic hydroxyl groups is 3. The molecule has 8 N–H and O–H groups in total. The number of nitrogens with two attached hydrogens (primary N) is 1. The lowest BCUT2D eigenvalue weighted by atomic mass is 9.88. The quantitative estimate of drug-likeness (QED) is 0.270. The van der Waals surface area contributed by atoms with Crippen LogP contribution < -0.4 is 11.1 Å². The van der Waals surface area contributed by atoms with Gasteiger partial charge in [0.05, 0.1) is 18.6 Å². The van der Waals surface area contributed by atoms with Gasteiger partial charge in [-0.3, -0.25) is 9.59 Å². The van der Waals surface area contributed by atoms with Gasteiger partial charge >= 0.3 is 18.1 Å². The number of aliphatic carboxylic acids is 2.